The van der Waals surface area contributed by atoms with Gasteiger partial charge in [0, 0.05) is 37.1 Å². The lowest BCUT2D eigenvalue weighted by molar-refractivity contribution is 0.527. The second-order valence-electron chi connectivity index (χ2n) is 8.28. The van der Waals surface area contributed by atoms with Crippen LogP contribution in [0, 0.1) is 11.6 Å². The molecule has 2 aromatic carbocycles. The Labute approximate surface area is 186 Å². The molecule has 5 rings (SSSR count). The highest BCUT2D eigenvalue weighted by Gasteiger charge is 2.33. The van der Waals surface area contributed by atoms with Gasteiger partial charge in [0.1, 0.15) is 11.6 Å². The van der Waals surface area contributed by atoms with E-state index in [1.807, 2.05) is 35.2 Å². The minimum absolute atomic E-state index is 0.0741. The maximum absolute atomic E-state index is 14.9. The van der Waals surface area contributed by atoms with Gasteiger partial charge >= 0.3 is 0 Å². The number of aromatic nitrogens is 1. The molecule has 2 unspecified atom stereocenters. The molecule has 1 aromatic heterocycles. The van der Waals surface area contributed by atoms with E-state index in [2.05, 4.69) is 14.9 Å². The molecule has 1 saturated heterocycles. The molecule has 0 spiro atoms. The standard InChI is InChI=1S/C25H25F2N5/c26-19-8-5-9-20(27)24(19)25-30-14-17-6-1-2-10-21(17)32(25)23-15-29-12-11-22(23)31-13-4-3-7-18(28)16-31/h1-2,5-6,8-12,14-15,18,25H,3-4,7,13,16,28H2. The van der Waals surface area contributed by atoms with Gasteiger partial charge in [-0.2, -0.15) is 0 Å². The van der Waals surface area contributed by atoms with Crippen molar-refractivity contribution in [3.05, 3.63) is 83.7 Å². The van der Waals surface area contributed by atoms with Crippen LogP contribution < -0.4 is 15.5 Å². The number of hydrogen-bond acceptors (Lipinski definition) is 5. The number of hydrogen-bond donors (Lipinski definition) is 1. The van der Waals surface area contributed by atoms with Gasteiger partial charge in [-0.3, -0.25) is 9.98 Å². The molecule has 0 saturated carbocycles. The molecular weight excluding hydrogens is 408 g/mol. The van der Waals surface area contributed by atoms with E-state index in [1.165, 1.54) is 18.2 Å². The lowest BCUT2D eigenvalue weighted by Crippen LogP contribution is -2.37. The number of nitrogens with two attached hydrogens (primary N) is 1. The molecule has 0 radical (unpaired) electrons. The van der Waals surface area contributed by atoms with Gasteiger partial charge in [-0.05, 0) is 37.1 Å². The summed E-state index contributed by atoms with van der Waals surface area (Å²) < 4.78 is 29.8. The molecule has 164 valence electrons. The SMILES string of the molecule is NC1CCCCN(c2ccncc2N2c3ccccc3C=NC2c2c(F)cccc2F)C1. The first kappa shape index (κ1) is 20.6. The molecule has 7 heteroatoms. The summed E-state index contributed by atoms with van der Waals surface area (Å²) in [5.41, 5.74) is 9.63. The summed E-state index contributed by atoms with van der Waals surface area (Å²) in [5, 5.41) is 0. The topological polar surface area (TPSA) is 57.8 Å². The number of halogens is 2. The van der Waals surface area contributed by atoms with Crippen LogP contribution in [-0.2, 0) is 0 Å². The first-order valence-corrected chi connectivity index (χ1v) is 10.9. The maximum atomic E-state index is 14.9. The van der Waals surface area contributed by atoms with Crippen molar-refractivity contribution in [3.8, 4) is 0 Å². The van der Waals surface area contributed by atoms with Crippen molar-refractivity contribution >= 4 is 23.3 Å². The average Bonchev–Trinajstić information content (AvgIpc) is 3.03. The first-order valence-electron chi connectivity index (χ1n) is 10.9. The second-order valence-corrected chi connectivity index (χ2v) is 8.28. The van der Waals surface area contributed by atoms with Gasteiger partial charge in [0.15, 0.2) is 6.17 Å². The monoisotopic (exact) mass is 433 g/mol. The summed E-state index contributed by atoms with van der Waals surface area (Å²) in [4.78, 5) is 13.1. The van der Waals surface area contributed by atoms with E-state index in [0.29, 0.717) is 6.54 Å². The molecule has 0 bridgehead atoms. The smallest absolute Gasteiger partial charge is 0.157 e. The summed E-state index contributed by atoms with van der Waals surface area (Å²) in [5.74, 6) is -1.25. The fourth-order valence-corrected chi connectivity index (χ4v) is 4.61. The lowest BCUT2D eigenvalue weighted by Gasteiger charge is -2.38. The predicted octanol–water partition coefficient (Wildman–Crippen LogP) is 4.95. The fourth-order valence-electron chi connectivity index (χ4n) is 4.61. The van der Waals surface area contributed by atoms with Gasteiger partial charge in [-0.25, -0.2) is 8.78 Å². The summed E-state index contributed by atoms with van der Waals surface area (Å²) >= 11 is 0. The number of benzene rings is 2. The minimum Gasteiger partial charge on any atom is -0.368 e. The number of anilines is 3. The van der Waals surface area contributed by atoms with Gasteiger partial charge in [0.05, 0.1) is 28.8 Å². The number of nitrogens with zero attached hydrogens (tertiary/aromatic N) is 4. The molecule has 5 nitrogen and oxygen atoms in total. The van der Waals surface area contributed by atoms with Crippen molar-refractivity contribution in [2.75, 3.05) is 22.9 Å². The third-order valence-electron chi connectivity index (χ3n) is 6.14. The lowest BCUT2D eigenvalue weighted by atomic mass is 10.0. The normalized spacial score (nSPS) is 20.7. The van der Waals surface area contributed by atoms with Crippen LogP contribution >= 0.6 is 0 Å². The molecule has 2 aliphatic heterocycles. The van der Waals surface area contributed by atoms with Gasteiger partial charge in [-0.1, -0.05) is 30.7 Å². The summed E-state index contributed by atoms with van der Waals surface area (Å²) in [6.07, 6.45) is 7.38. The van der Waals surface area contributed by atoms with Crippen molar-refractivity contribution < 1.29 is 8.78 Å². The van der Waals surface area contributed by atoms with Gasteiger partial charge in [0.2, 0.25) is 0 Å². The summed E-state index contributed by atoms with van der Waals surface area (Å²) in [6.45, 7) is 1.58. The Morgan fingerprint density at radius 2 is 1.72 bits per heavy atom. The Balaban J connectivity index is 1.68. The van der Waals surface area contributed by atoms with Crippen LogP contribution in [0.15, 0.2) is 65.9 Å². The molecule has 0 amide bonds. The minimum atomic E-state index is -0.894. The highest BCUT2D eigenvalue weighted by atomic mass is 19.1. The molecular formula is C25H25F2N5. The molecule has 2 aliphatic rings. The largest absolute Gasteiger partial charge is 0.368 e. The van der Waals surface area contributed by atoms with Crippen molar-refractivity contribution in [2.24, 2.45) is 10.7 Å². The predicted molar refractivity (Wildman–Crippen MR) is 124 cm³/mol. The van der Waals surface area contributed by atoms with E-state index in [1.54, 1.807) is 18.6 Å². The fraction of sp³-hybridized carbons (Fsp3) is 0.280. The summed E-state index contributed by atoms with van der Waals surface area (Å²) in [7, 11) is 0. The Morgan fingerprint density at radius 3 is 2.56 bits per heavy atom. The highest BCUT2D eigenvalue weighted by Crippen LogP contribution is 2.45. The first-order chi connectivity index (χ1) is 15.6. The summed E-state index contributed by atoms with van der Waals surface area (Å²) in [6, 6.07) is 13.6. The van der Waals surface area contributed by atoms with E-state index in [-0.39, 0.29) is 11.6 Å². The van der Waals surface area contributed by atoms with Crippen LogP contribution in [0.5, 0.6) is 0 Å². The Bertz CT molecular complexity index is 1130. The van der Waals surface area contributed by atoms with E-state index in [4.69, 9.17) is 5.73 Å². The van der Waals surface area contributed by atoms with E-state index < -0.39 is 17.8 Å². The van der Waals surface area contributed by atoms with Gasteiger partial charge < -0.3 is 15.5 Å². The number of rotatable bonds is 3. The number of pyridine rings is 1. The molecule has 2 atom stereocenters. The van der Waals surface area contributed by atoms with Crippen molar-refractivity contribution in [1.29, 1.82) is 0 Å². The molecule has 32 heavy (non-hydrogen) atoms. The van der Waals surface area contributed by atoms with E-state index >= 15 is 0 Å². The van der Waals surface area contributed by atoms with Crippen LogP contribution in [0.3, 0.4) is 0 Å². The average molecular weight is 434 g/mol. The maximum Gasteiger partial charge on any atom is 0.157 e. The number of aliphatic imine (C=N–C) groups is 1. The zero-order chi connectivity index (χ0) is 22.1. The van der Waals surface area contributed by atoms with Crippen molar-refractivity contribution in [1.82, 2.24) is 4.98 Å². The van der Waals surface area contributed by atoms with Gasteiger partial charge in [0.25, 0.3) is 0 Å². The Hall–Kier alpha value is -3.32. The number of fused-ring (bicyclic) bond motifs is 1. The highest BCUT2D eigenvalue weighted by molar-refractivity contribution is 5.94. The Kier molecular flexibility index (Phi) is 5.57. The van der Waals surface area contributed by atoms with Crippen molar-refractivity contribution in [2.45, 2.75) is 31.5 Å². The van der Waals surface area contributed by atoms with Crippen LogP contribution in [0.4, 0.5) is 25.8 Å². The van der Waals surface area contributed by atoms with Gasteiger partial charge in [-0.15, -0.1) is 0 Å². The van der Waals surface area contributed by atoms with Crippen LogP contribution in [0.1, 0.15) is 36.6 Å². The molecule has 3 heterocycles. The second kappa shape index (κ2) is 8.67. The third-order valence-corrected chi connectivity index (χ3v) is 6.14. The molecule has 2 N–H and O–H groups in total. The quantitative estimate of drug-likeness (QED) is 0.635. The van der Waals surface area contributed by atoms with E-state index in [0.717, 1.165) is 48.4 Å². The van der Waals surface area contributed by atoms with Crippen molar-refractivity contribution in [3.63, 3.8) is 0 Å². The zero-order valence-electron chi connectivity index (χ0n) is 17.7. The van der Waals surface area contributed by atoms with E-state index in [9.17, 15) is 8.78 Å². The molecule has 3 aromatic rings. The third kappa shape index (κ3) is 3.73. The van der Waals surface area contributed by atoms with Crippen LogP contribution in [0.2, 0.25) is 0 Å². The number of para-hydroxylation sites is 1. The molecule has 1 fully saturated rings. The zero-order valence-corrected chi connectivity index (χ0v) is 17.7. The van der Waals surface area contributed by atoms with Crippen LogP contribution in [-0.4, -0.2) is 30.3 Å². The Morgan fingerprint density at radius 1 is 0.906 bits per heavy atom. The van der Waals surface area contributed by atoms with Crippen LogP contribution in [0.25, 0.3) is 0 Å². The molecule has 0 aliphatic carbocycles.